The van der Waals surface area contributed by atoms with Gasteiger partial charge >= 0.3 is 17.9 Å². The first-order chi connectivity index (χ1) is 24.9. The van der Waals surface area contributed by atoms with E-state index in [1.165, 1.54) is 32.8 Å². The van der Waals surface area contributed by atoms with Crippen LogP contribution in [0.15, 0.2) is 83.3 Å². The zero-order valence-electron chi connectivity index (χ0n) is 27.7. The molecule has 1 aliphatic rings. The van der Waals surface area contributed by atoms with E-state index in [-0.39, 0.29) is 31.6 Å². The second-order valence-corrected chi connectivity index (χ2v) is 15.6. The Hall–Kier alpha value is -4.90. The molecule has 4 aromatic rings. The third-order valence-electron chi connectivity index (χ3n) is 7.77. The molecule has 0 fully saturated rings. The summed E-state index contributed by atoms with van der Waals surface area (Å²) in [6.07, 6.45) is 1.14. The quantitative estimate of drug-likeness (QED) is 0.0221. The van der Waals surface area contributed by atoms with Crippen molar-refractivity contribution < 1.29 is 47.1 Å². The van der Waals surface area contributed by atoms with Gasteiger partial charge in [-0.1, -0.05) is 51.1 Å². The summed E-state index contributed by atoms with van der Waals surface area (Å²) in [4.78, 5) is 55.3. The van der Waals surface area contributed by atoms with Gasteiger partial charge in [0.15, 0.2) is 0 Å². The van der Waals surface area contributed by atoms with Crippen LogP contribution in [0.5, 0.6) is 5.75 Å². The van der Waals surface area contributed by atoms with Gasteiger partial charge in [-0.15, -0.1) is 10.1 Å². The molecule has 0 aliphatic heterocycles. The maximum Gasteiger partial charge on any atom is 0.356 e. The second-order valence-electron chi connectivity index (χ2n) is 11.3. The lowest BCUT2D eigenvalue weighted by Crippen LogP contribution is -2.36. The van der Waals surface area contributed by atoms with E-state index in [4.69, 9.17) is 26.4 Å². The zero-order chi connectivity index (χ0) is 37.4. The summed E-state index contributed by atoms with van der Waals surface area (Å²) in [5.41, 5.74) is 4.71. The summed E-state index contributed by atoms with van der Waals surface area (Å²) in [7, 11) is 1.82. The van der Waals surface area contributed by atoms with Gasteiger partial charge in [-0.05, 0) is 113 Å². The van der Waals surface area contributed by atoms with Crippen molar-refractivity contribution >= 4 is 78.8 Å². The first kappa shape index (κ1) is 38.3. The Balaban J connectivity index is 1.34. The Kier molecular flexibility index (Phi) is 12.9. The number of esters is 3. The van der Waals surface area contributed by atoms with Gasteiger partial charge < -0.3 is 19.0 Å². The summed E-state index contributed by atoms with van der Waals surface area (Å²) in [5.74, 6) is -3.07. The highest BCUT2D eigenvalue weighted by molar-refractivity contribution is 7.84. The van der Waals surface area contributed by atoms with Crippen LogP contribution < -0.4 is 4.74 Å². The maximum atomic E-state index is 14.5. The highest BCUT2D eigenvalue weighted by Crippen LogP contribution is 2.44. The molecule has 52 heavy (non-hydrogen) atoms. The van der Waals surface area contributed by atoms with Crippen molar-refractivity contribution in [2.24, 2.45) is 0 Å². The number of rotatable bonds is 15. The van der Waals surface area contributed by atoms with Crippen LogP contribution in [-0.2, 0) is 39.5 Å². The van der Waals surface area contributed by atoms with Gasteiger partial charge in [-0.25, -0.2) is 9.18 Å². The van der Waals surface area contributed by atoms with Gasteiger partial charge in [0.2, 0.25) is 6.10 Å². The molecule has 0 N–H and O–H groups in total. The molecule has 11 nitrogen and oxygen atoms in total. The zero-order valence-corrected chi connectivity index (χ0v) is 30.9. The molecule has 0 spiro atoms. The Labute approximate surface area is 312 Å². The molecule has 270 valence electrons. The van der Waals surface area contributed by atoms with E-state index in [0.717, 1.165) is 25.4 Å². The van der Waals surface area contributed by atoms with Crippen molar-refractivity contribution in [2.75, 3.05) is 19.5 Å². The molecule has 3 aromatic carbocycles. The van der Waals surface area contributed by atoms with E-state index in [0.29, 0.717) is 27.2 Å². The molecule has 5 rings (SSSR count). The van der Waals surface area contributed by atoms with Crippen molar-refractivity contribution in [1.29, 1.82) is 0 Å². The van der Waals surface area contributed by atoms with Gasteiger partial charge in [0, 0.05) is 33.2 Å². The van der Waals surface area contributed by atoms with E-state index in [1.807, 2.05) is 24.3 Å². The molecule has 16 heteroatoms. The number of ether oxygens (including phenoxy) is 3. The van der Waals surface area contributed by atoms with Crippen molar-refractivity contribution in [3.8, 4) is 16.2 Å². The third-order valence-corrected chi connectivity index (χ3v) is 11.6. The Morgan fingerprint density at radius 3 is 2.38 bits per heavy atom. The minimum absolute atomic E-state index is 0.0273. The van der Waals surface area contributed by atoms with Crippen LogP contribution in [0.1, 0.15) is 42.9 Å². The van der Waals surface area contributed by atoms with Crippen LogP contribution in [-0.4, -0.2) is 52.8 Å². The number of fused-ring (bicyclic) bond motifs is 1. The molecule has 1 heterocycles. The molecular weight excluding hydrogens is 754 g/mol. The predicted molar refractivity (Wildman–Crippen MR) is 197 cm³/mol. The van der Waals surface area contributed by atoms with E-state index in [9.17, 15) is 33.1 Å². The average molecular weight is 784 g/mol. The Morgan fingerprint density at radius 1 is 1.00 bits per heavy atom. The standard InChI is InChI=1S/C36H30FNO10S4/c1-21-28(16-22-5-12-26(13-6-22)52(2)44)27-14-9-24(37)17-30(27)29(21)18-34(40)48-31(20-45-33(39)4-3-15-46-38(42)43)36(41)47-25-10-7-23(8-11-25)32-19-35(49)51-50-32/h5-14,16-17,19,31H,3-4,15,18,20H2,1-2H3/b28-16-. The smallest absolute Gasteiger partial charge is 0.356 e. The highest BCUT2D eigenvalue weighted by Gasteiger charge is 2.31. The summed E-state index contributed by atoms with van der Waals surface area (Å²) in [6, 6.07) is 19.8. The molecule has 0 bridgehead atoms. The number of hydrogen-bond donors (Lipinski definition) is 0. The monoisotopic (exact) mass is 783 g/mol. The topological polar surface area (TPSA) is 148 Å². The fourth-order valence-corrected chi connectivity index (χ4v) is 8.16. The number of carbonyl (C=O) groups excluding carboxylic acids is 3. The number of carbonyl (C=O) groups is 3. The van der Waals surface area contributed by atoms with Crippen molar-refractivity contribution in [3.63, 3.8) is 0 Å². The molecule has 2 atom stereocenters. The van der Waals surface area contributed by atoms with Gasteiger partial charge in [-0.2, -0.15) is 0 Å². The largest absolute Gasteiger partial charge is 0.461 e. The fourth-order valence-electron chi connectivity index (χ4n) is 5.24. The maximum absolute atomic E-state index is 14.5. The second kappa shape index (κ2) is 17.5. The Morgan fingerprint density at radius 2 is 1.73 bits per heavy atom. The van der Waals surface area contributed by atoms with Crippen LogP contribution in [0.2, 0.25) is 0 Å². The molecule has 0 amide bonds. The number of benzene rings is 3. The molecular formula is C36H30FNO10S4. The lowest BCUT2D eigenvalue weighted by molar-refractivity contribution is -0.757. The summed E-state index contributed by atoms with van der Waals surface area (Å²) < 4.78 is 43.3. The fraction of sp³-hybridized carbons (Fsp3) is 0.222. The minimum Gasteiger partial charge on any atom is -0.461 e. The van der Waals surface area contributed by atoms with E-state index in [1.54, 1.807) is 55.6 Å². The molecule has 1 aliphatic carbocycles. The van der Waals surface area contributed by atoms with Crippen LogP contribution in [0, 0.1) is 19.8 Å². The summed E-state index contributed by atoms with van der Waals surface area (Å²) in [5, 5.41) is 9.38. The number of allylic oxidation sites excluding steroid dienone is 2. The highest BCUT2D eigenvalue weighted by atomic mass is 32.9. The van der Waals surface area contributed by atoms with Crippen molar-refractivity contribution in [2.45, 2.75) is 37.2 Å². The van der Waals surface area contributed by atoms with Crippen LogP contribution in [0.3, 0.4) is 0 Å². The third kappa shape index (κ3) is 10.1. The van der Waals surface area contributed by atoms with Gasteiger partial charge in [0.05, 0.1) is 13.0 Å². The minimum atomic E-state index is -1.68. The van der Waals surface area contributed by atoms with Gasteiger partial charge in [-0.3, -0.25) is 13.8 Å². The Bertz CT molecular complexity index is 2140. The molecule has 0 saturated carbocycles. The predicted octanol–water partition coefficient (Wildman–Crippen LogP) is 7.85. The number of hydrogen-bond acceptors (Lipinski definition) is 13. The SMILES string of the molecule is CC1=C(CC(=O)OC(COC(=O)CCCO[N+](=O)[O-])C(=O)Oc2ccc(-c3cc(=S)ss3)cc2)c2cc(F)ccc2/C1=C\c1ccc(S(C)=O)cc1. The number of nitrogens with zero attached hydrogens (tertiary/aromatic N) is 1. The summed E-state index contributed by atoms with van der Waals surface area (Å²) >= 11 is 5.20. The van der Waals surface area contributed by atoms with E-state index >= 15 is 0 Å². The van der Waals surface area contributed by atoms with Crippen LogP contribution in [0.25, 0.3) is 27.7 Å². The molecule has 1 aromatic heterocycles. The van der Waals surface area contributed by atoms with Gasteiger partial charge in [0.1, 0.15) is 22.0 Å². The lowest BCUT2D eigenvalue weighted by atomic mass is 10.0. The van der Waals surface area contributed by atoms with Crippen LogP contribution in [0.4, 0.5) is 4.39 Å². The molecule has 2 unspecified atom stereocenters. The van der Waals surface area contributed by atoms with Crippen LogP contribution >= 0.6 is 32.9 Å². The molecule has 0 radical (unpaired) electrons. The molecule has 0 saturated heterocycles. The van der Waals surface area contributed by atoms with Crippen molar-refractivity contribution in [1.82, 2.24) is 0 Å². The number of halogens is 1. The van der Waals surface area contributed by atoms with E-state index < -0.39 is 52.3 Å². The van der Waals surface area contributed by atoms with Gasteiger partial charge in [0.25, 0.3) is 5.09 Å². The summed E-state index contributed by atoms with van der Waals surface area (Å²) in [6.45, 7) is 0.757. The van der Waals surface area contributed by atoms with Crippen molar-refractivity contribution in [3.05, 3.63) is 115 Å². The average Bonchev–Trinajstić information content (AvgIpc) is 3.65. The lowest BCUT2D eigenvalue weighted by Gasteiger charge is -2.18. The van der Waals surface area contributed by atoms with E-state index in [2.05, 4.69) is 4.84 Å². The normalized spacial score (nSPS) is 14.0. The first-order valence-corrected chi connectivity index (χ1v) is 19.7. The first-order valence-electron chi connectivity index (χ1n) is 15.6.